The van der Waals surface area contributed by atoms with Crippen LogP contribution in [0, 0.1) is 22.7 Å². The molecule has 0 aliphatic heterocycles. The highest BCUT2D eigenvalue weighted by molar-refractivity contribution is 5.01. The third kappa shape index (κ3) is 6.91. The summed E-state index contributed by atoms with van der Waals surface area (Å²) < 4.78 is 12.0. The van der Waals surface area contributed by atoms with Crippen molar-refractivity contribution in [3.8, 4) is 6.07 Å². The predicted molar refractivity (Wildman–Crippen MR) is 102 cm³/mol. The lowest BCUT2D eigenvalue weighted by molar-refractivity contribution is -0.137. The second kappa shape index (κ2) is 11.2. The summed E-state index contributed by atoms with van der Waals surface area (Å²) in [5.74, 6) is 0.932. The number of hydrogen-bond donors (Lipinski definition) is 0. The monoisotopic (exact) mass is 349 g/mol. The van der Waals surface area contributed by atoms with E-state index >= 15 is 0 Å². The van der Waals surface area contributed by atoms with Crippen LogP contribution in [0.5, 0.6) is 0 Å². The minimum Gasteiger partial charge on any atom is -0.352 e. The average Bonchev–Trinajstić information content (AvgIpc) is 2.67. The summed E-state index contributed by atoms with van der Waals surface area (Å²) >= 11 is 0. The van der Waals surface area contributed by atoms with Crippen LogP contribution in [-0.4, -0.2) is 19.0 Å². The molecule has 0 radical (unpaired) electrons. The Hall–Kier alpha value is -0.590. The summed E-state index contributed by atoms with van der Waals surface area (Å²) in [7, 11) is 0. The summed E-state index contributed by atoms with van der Waals surface area (Å²) in [5.41, 5.74) is -0.0758. The van der Waals surface area contributed by atoms with E-state index in [-0.39, 0.29) is 5.41 Å². The Kier molecular flexibility index (Phi) is 9.28. The first-order valence-electron chi connectivity index (χ1n) is 10.9. The quantitative estimate of drug-likeness (QED) is 0.430. The van der Waals surface area contributed by atoms with E-state index < -0.39 is 0 Å². The molecule has 0 saturated heterocycles. The Morgan fingerprint density at radius 2 is 1.48 bits per heavy atom. The molecule has 2 saturated carbocycles. The molecule has 3 heteroatoms. The minimum atomic E-state index is -0.0758. The van der Waals surface area contributed by atoms with Crippen LogP contribution in [0.2, 0.25) is 0 Å². The molecule has 2 aliphatic rings. The van der Waals surface area contributed by atoms with E-state index in [1.54, 1.807) is 0 Å². The zero-order valence-electron chi connectivity index (χ0n) is 16.6. The van der Waals surface area contributed by atoms with Gasteiger partial charge in [-0.2, -0.15) is 5.26 Å². The predicted octanol–water partition coefficient (Wildman–Crippen LogP) is 6.37. The average molecular weight is 350 g/mol. The van der Waals surface area contributed by atoms with Crippen LogP contribution in [0.1, 0.15) is 104 Å². The first-order chi connectivity index (χ1) is 12.2. The van der Waals surface area contributed by atoms with Gasteiger partial charge in [-0.05, 0) is 63.7 Å². The van der Waals surface area contributed by atoms with Gasteiger partial charge < -0.3 is 9.47 Å². The molecule has 0 spiro atoms. The normalized spacial score (nSPS) is 33.1. The number of unbranched alkanes of at least 4 members (excludes halogenated alkanes) is 2. The highest BCUT2D eigenvalue weighted by atomic mass is 16.7. The topological polar surface area (TPSA) is 42.2 Å². The van der Waals surface area contributed by atoms with E-state index in [2.05, 4.69) is 19.9 Å². The van der Waals surface area contributed by atoms with Crippen LogP contribution in [0.25, 0.3) is 0 Å². The molecule has 0 aromatic carbocycles. The highest BCUT2D eigenvalue weighted by Crippen LogP contribution is 2.41. The third-order valence-electron chi connectivity index (χ3n) is 6.50. The van der Waals surface area contributed by atoms with Gasteiger partial charge in [0.1, 0.15) is 6.79 Å². The second-order valence-corrected chi connectivity index (χ2v) is 8.43. The Labute approximate surface area is 155 Å². The van der Waals surface area contributed by atoms with Gasteiger partial charge in [0.25, 0.3) is 0 Å². The maximum absolute atomic E-state index is 9.56. The lowest BCUT2D eigenvalue weighted by Crippen LogP contribution is -2.31. The second-order valence-electron chi connectivity index (χ2n) is 8.43. The summed E-state index contributed by atoms with van der Waals surface area (Å²) in [6.45, 7) is 4.93. The summed E-state index contributed by atoms with van der Waals surface area (Å²) in [6, 6.07) is 2.61. The molecule has 2 rings (SSSR count). The van der Waals surface area contributed by atoms with Gasteiger partial charge in [0, 0.05) is 0 Å². The van der Waals surface area contributed by atoms with Crippen molar-refractivity contribution in [2.24, 2.45) is 11.3 Å². The van der Waals surface area contributed by atoms with Gasteiger partial charge in [-0.15, -0.1) is 0 Å². The van der Waals surface area contributed by atoms with Gasteiger partial charge in [-0.3, -0.25) is 0 Å². The van der Waals surface area contributed by atoms with Crippen LogP contribution in [0.4, 0.5) is 0 Å². The molecule has 2 aliphatic carbocycles. The zero-order valence-corrected chi connectivity index (χ0v) is 16.6. The van der Waals surface area contributed by atoms with E-state index in [4.69, 9.17) is 9.47 Å². The molecule has 0 aromatic heterocycles. The molecular formula is C22H39NO2. The number of rotatable bonds is 10. The summed E-state index contributed by atoms with van der Waals surface area (Å²) in [5, 5.41) is 9.56. The Bertz CT molecular complexity index is 387. The fourth-order valence-electron chi connectivity index (χ4n) is 4.56. The molecule has 144 valence electrons. The van der Waals surface area contributed by atoms with Crippen molar-refractivity contribution in [3.63, 3.8) is 0 Å². The van der Waals surface area contributed by atoms with E-state index in [0.29, 0.717) is 19.0 Å². The van der Waals surface area contributed by atoms with Crippen molar-refractivity contribution in [1.82, 2.24) is 0 Å². The molecule has 0 heterocycles. The van der Waals surface area contributed by atoms with E-state index in [1.807, 2.05) is 0 Å². The minimum absolute atomic E-state index is 0.0758. The van der Waals surface area contributed by atoms with Gasteiger partial charge in [-0.1, -0.05) is 46.0 Å². The van der Waals surface area contributed by atoms with Gasteiger partial charge in [0.15, 0.2) is 0 Å². The fourth-order valence-corrected chi connectivity index (χ4v) is 4.56. The zero-order chi connectivity index (χ0) is 18.0. The van der Waals surface area contributed by atoms with Gasteiger partial charge in [0.2, 0.25) is 0 Å². The van der Waals surface area contributed by atoms with Crippen molar-refractivity contribution in [1.29, 1.82) is 5.26 Å². The third-order valence-corrected chi connectivity index (χ3v) is 6.50. The van der Waals surface area contributed by atoms with Gasteiger partial charge in [0.05, 0.1) is 23.7 Å². The fraction of sp³-hybridized carbons (Fsp3) is 0.955. The molecule has 25 heavy (non-hydrogen) atoms. The molecule has 0 atom stereocenters. The molecule has 0 bridgehead atoms. The van der Waals surface area contributed by atoms with E-state index in [9.17, 15) is 5.26 Å². The molecule has 0 N–H and O–H groups in total. The summed E-state index contributed by atoms with van der Waals surface area (Å²) in [4.78, 5) is 0. The largest absolute Gasteiger partial charge is 0.352 e. The Balaban J connectivity index is 1.57. The van der Waals surface area contributed by atoms with Crippen LogP contribution < -0.4 is 0 Å². The van der Waals surface area contributed by atoms with Crippen LogP contribution in [0.15, 0.2) is 0 Å². The van der Waals surface area contributed by atoms with Crippen molar-refractivity contribution in [3.05, 3.63) is 0 Å². The lowest BCUT2D eigenvalue weighted by atomic mass is 9.71. The molecule has 3 nitrogen and oxygen atoms in total. The molecule has 0 aromatic rings. The number of nitrogens with zero attached hydrogens (tertiary/aromatic N) is 1. The van der Waals surface area contributed by atoms with Crippen molar-refractivity contribution in [2.75, 3.05) is 6.79 Å². The maximum Gasteiger partial charge on any atom is 0.147 e. The Morgan fingerprint density at radius 3 is 2.04 bits per heavy atom. The number of ether oxygens (including phenoxy) is 2. The number of hydrogen-bond acceptors (Lipinski definition) is 3. The smallest absolute Gasteiger partial charge is 0.147 e. The maximum atomic E-state index is 9.56. The van der Waals surface area contributed by atoms with Crippen LogP contribution >= 0.6 is 0 Å². The lowest BCUT2D eigenvalue weighted by Gasteiger charge is -2.35. The molecule has 0 amide bonds. The van der Waals surface area contributed by atoms with Gasteiger partial charge in [-0.25, -0.2) is 0 Å². The highest BCUT2D eigenvalue weighted by Gasteiger charge is 2.35. The van der Waals surface area contributed by atoms with Crippen molar-refractivity contribution in [2.45, 2.75) is 116 Å². The first-order valence-corrected chi connectivity index (χ1v) is 10.9. The SMILES string of the molecule is CCCC[C@H]1CC[C@H](OCO[C@H]2CC[C@@](C#N)(CCCC)CC2)CC1. The van der Waals surface area contributed by atoms with Gasteiger partial charge >= 0.3 is 0 Å². The van der Waals surface area contributed by atoms with E-state index in [0.717, 1.165) is 38.0 Å². The van der Waals surface area contributed by atoms with Crippen molar-refractivity contribution < 1.29 is 9.47 Å². The molecular weight excluding hydrogens is 310 g/mol. The molecule has 2 fully saturated rings. The van der Waals surface area contributed by atoms with Crippen LogP contribution in [-0.2, 0) is 9.47 Å². The van der Waals surface area contributed by atoms with Crippen LogP contribution in [0.3, 0.4) is 0 Å². The summed E-state index contributed by atoms with van der Waals surface area (Å²) in [6.07, 6.45) is 17.3. The van der Waals surface area contributed by atoms with Crippen molar-refractivity contribution >= 4 is 0 Å². The number of nitriles is 1. The molecule has 0 unspecified atom stereocenters. The van der Waals surface area contributed by atoms with E-state index in [1.165, 1.54) is 57.8 Å². The standard InChI is InChI=1S/C22H39NO2/c1-3-5-7-19-8-10-20(11-9-19)24-18-25-21-12-15-22(17-23,16-13-21)14-6-4-2/h19-21H,3-16,18H2,1-2H3/t19-,20-,21-,22-. The Morgan fingerprint density at radius 1 is 0.880 bits per heavy atom. The first kappa shape index (κ1) is 20.7.